The fourth-order valence-corrected chi connectivity index (χ4v) is 2.58. The maximum atomic E-state index is 11.7. The second-order valence-electron chi connectivity index (χ2n) is 4.40. The quantitative estimate of drug-likeness (QED) is 0.830. The average molecular weight is 262 g/mol. The third kappa shape index (κ3) is 3.58. The number of hydrogen-bond donors (Lipinski definition) is 2. The van der Waals surface area contributed by atoms with E-state index in [9.17, 15) is 13.2 Å². The molecule has 5 nitrogen and oxygen atoms in total. The van der Waals surface area contributed by atoms with Crippen LogP contribution in [0.2, 0.25) is 0 Å². The van der Waals surface area contributed by atoms with Crippen molar-refractivity contribution < 1.29 is 13.2 Å². The second kappa shape index (κ2) is 4.15. The molecule has 0 bridgehead atoms. The third-order valence-electron chi connectivity index (χ3n) is 1.61. The predicted molar refractivity (Wildman–Crippen MR) is 62.9 cm³/mol. The largest absolute Gasteiger partial charge is 0.347 e. The SMILES string of the molecule is CC(C)(C)NC(=O)c1csc(S(N)(=O)=O)c1. The van der Waals surface area contributed by atoms with E-state index >= 15 is 0 Å². The van der Waals surface area contributed by atoms with Gasteiger partial charge in [-0.05, 0) is 26.8 Å². The molecule has 0 aliphatic heterocycles. The molecule has 1 amide bonds. The molecule has 3 N–H and O–H groups in total. The van der Waals surface area contributed by atoms with E-state index in [0.29, 0.717) is 5.56 Å². The van der Waals surface area contributed by atoms with Crippen LogP contribution in [-0.2, 0) is 10.0 Å². The third-order valence-corrected chi connectivity index (χ3v) is 3.99. The van der Waals surface area contributed by atoms with Crippen molar-refractivity contribution in [3.8, 4) is 0 Å². The van der Waals surface area contributed by atoms with Crippen molar-refractivity contribution in [1.29, 1.82) is 0 Å². The first-order chi connectivity index (χ1) is 7.09. The van der Waals surface area contributed by atoms with Gasteiger partial charge >= 0.3 is 0 Å². The summed E-state index contributed by atoms with van der Waals surface area (Å²) < 4.78 is 22.0. The van der Waals surface area contributed by atoms with E-state index < -0.39 is 10.0 Å². The molecule has 0 unspecified atom stereocenters. The van der Waals surface area contributed by atoms with Gasteiger partial charge in [-0.2, -0.15) is 0 Å². The summed E-state index contributed by atoms with van der Waals surface area (Å²) in [5, 5.41) is 9.15. The lowest BCUT2D eigenvalue weighted by Crippen LogP contribution is -2.40. The summed E-state index contributed by atoms with van der Waals surface area (Å²) >= 11 is 0.937. The Morgan fingerprint density at radius 2 is 2.00 bits per heavy atom. The minimum Gasteiger partial charge on any atom is -0.347 e. The predicted octanol–water partition coefficient (Wildman–Crippen LogP) is 0.924. The average Bonchev–Trinajstić information content (AvgIpc) is 2.46. The van der Waals surface area contributed by atoms with Gasteiger partial charge in [0.25, 0.3) is 5.91 Å². The zero-order chi connectivity index (χ0) is 12.6. The molecule has 1 rings (SSSR count). The highest BCUT2D eigenvalue weighted by atomic mass is 32.2. The summed E-state index contributed by atoms with van der Waals surface area (Å²) in [6.45, 7) is 5.54. The molecule has 7 heteroatoms. The molecule has 0 spiro atoms. The van der Waals surface area contributed by atoms with Gasteiger partial charge in [-0.1, -0.05) is 0 Å². The van der Waals surface area contributed by atoms with Gasteiger partial charge in [-0.3, -0.25) is 4.79 Å². The number of carbonyl (C=O) groups excluding carboxylic acids is 1. The maximum absolute atomic E-state index is 11.7. The Labute approximate surface area is 98.7 Å². The number of sulfonamides is 1. The van der Waals surface area contributed by atoms with E-state index in [4.69, 9.17) is 5.14 Å². The van der Waals surface area contributed by atoms with Gasteiger partial charge < -0.3 is 5.32 Å². The van der Waals surface area contributed by atoms with E-state index in [-0.39, 0.29) is 15.7 Å². The smallest absolute Gasteiger partial charge is 0.252 e. The molecule has 0 aliphatic rings. The van der Waals surface area contributed by atoms with Gasteiger partial charge in [-0.25, -0.2) is 13.6 Å². The number of primary sulfonamides is 1. The van der Waals surface area contributed by atoms with Gasteiger partial charge in [0.1, 0.15) is 4.21 Å². The Bertz CT molecular complexity index is 497. The highest BCUT2D eigenvalue weighted by Crippen LogP contribution is 2.19. The van der Waals surface area contributed by atoms with Crippen LogP contribution in [0.1, 0.15) is 31.1 Å². The molecule has 0 fully saturated rings. The van der Waals surface area contributed by atoms with Crippen LogP contribution in [-0.4, -0.2) is 19.9 Å². The van der Waals surface area contributed by atoms with Crippen molar-refractivity contribution in [2.75, 3.05) is 0 Å². The molecule has 0 aromatic carbocycles. The van der Waals surface area contributed by atoms with Crippen molar-refractivity contribution >= 4 is 27.3 Å². The lowest BCUT2D eigenvalue weighted by molar-refractivity contribution is 0.0920. The zero-order valence-corrected chi connectivity index (χ0v) is 10.9. The lowest BCUT2D eigenvalue weighted by atomic mass is 10.1. The molecule has 1 aromatic heterocycles. The Kier molecular flexibility index (Phi) is 3.41. The number of nitrogens with one attached hydrogen (secondary N) is 1. The number of rotatable bonds is 2. The first-order valence-electron chi connectivity index (χ1n) is 4.53. The second-order valence-corrected chi connectivity index (χ2v) is 7.10. The number of amides is 1. The van der Waals surface area contributed by atoms with Gasteiger partial charge in [0.15, 0.2) is 0 Å². The van der Waals surface area contributed by atoms with Crippen LogP contribution in [0.15, 0.2) is 15.7 Å². The number of hydrogen-bond acceptors (Lipinski definition) is 4. The van der Waals surface area contributed by atoms with Crippen LogP contribution in [0.25, 0.3) is 0 Å². The van der Waals surface area contributed by atoms with Crippen LogP contribution in [0.4, 0.5) is 0 Å². The monoisotopic (exact) mass is 262 g/mol. The number of thiophene rings is 1. The Balaban J connectivity index is 2.92. The fraction of sp³-hybridized carbons (Fsp3) is 0.444. The van der Waals surface area contributed by atoms with Gasteiger partial charge in [0.2, 0.25) is 10.0 Å². The molecule has 0 atom stereocenters. The summed E-state index contributed by atoms with van der Waals surface area (Å²) in [7, 11) is -3.72. The number of carbonyl (C=O) groups is 1. The van der Waals surface area contributed by atoms with Gasteiger partial charge in [0.05, 0.1) is 5.56 Å². The van der Waals surface area contributed by atoms with Crippen LogP contribution in [0.3, 0.4) is 0 Å². The van der Waals surface area contributed by atoms with Crippen molar-refractivity contribution in [1.82, 2.24) is 5.32 Å². The minimum atomic E-state index is -3.72. The highest BCUT2D eigenvalue weighted by molar-refractivity contribution is 7.91. The van der Waals surface area contributed by atoms with Crippen LogP contribution in [0.5, 0.6) is 0 Å². The van der Waals surface area contributed by atoms with Crippen molar-refractivity contribution in [2.45, 2.75) is 30.5 Å². The molecule has 0 aliphatic carbocycles. The van der Waals surface area contributed by atoms with Gasteiger partial charge in [0, 0.05) is 10.9 Å². The molecule has 16 heavy (non-hydrogen) atoms. The highest BCUT2D eigenvalue weighted by Gasteiger charge is 2.18. The summed E-state index contributed by atoms with van der Waals surface area (Å²) in [5.74, 6) is -0.307. The summed E-state index contributed by atoms with van der Waals surface area (Å²) in [6.07, 6.45) is 0. The Hall–Kier alpha value is -0.920. The van der Waals surface area contributed by atoms with Gasteiger partial charge in [-0.15, -0.1) is 11.3 Å². The lowest BCUT2D eigenvalue weighted by Gasteiger charge is -2.19. The maximum Gasteiger partial charge on any atom is 0.252 e. The molecule has 0 radical (unpaired) electrons. The molecular formula is C9H14N2O3S2. The summed E-state index contributed by atoms with van der Waals surface area (Å²) in [5.41, 5.74) is -0.0511. The topological polar surface area (TPSA) is 89.3 Å². The standard InChI is InChI=1S/C9H14N2O3S2/c1-9(2,3)11-8(12)6-4-7(15-5-6)16(10,13)14/h4-5H,1-3H3,(H,11,12)(H2,10,13,14). The molecule has 1 aromatic rings. The van der Waals surface area contributed by atoms with Crippen LogP contribution >= 0.6 is 11.3 Å². The fourth-order valence-electron chi connectivity index (χ4n) is 0.998. The van der Waals surface area contributed by atoms with E-state index in [1.165, 1.54) is 11.4 Å². The summed E-state index contributed by atoms with van der Waals surface area (Å²) in [4.78, 5) is 11.7. The Morgan fingerprint density at radius 3 is 2.38 bits per heavy atom. The molecular weight excluding hydrogens is 248 g/mol. The zero-order valence-electron chi connectivity index (χ0n) is 9.27. The number of nitrogens with two attached hydrogens (primary N) is 1. The van der Waals surface area contributed by atoms with Crippen molar-refractivity contribution in [3.63, 3.8) is 0 Å². The molecule has 1 heterocycles. The first kappa shape index (κ1) is 13.1. The molecule has 0 saturated carbocycles. The minimum absolute atomic E-state index is 0.00782. The molecule has 0 saturated heterocycles. The van der Waals surface area contributed by atoms with E-state index in [0.717, 1.165) is 11.3 Å². The van der Waals surface area contributed by atoms with E-state index in [1.807, 2.05) is 20.8 Å². The normalized spacial score (nSPS) is 12.5. The molecule has 90 valence electrons. The Morgan fingerprint density at radius 1 is 1.44 bits per heavy atom. The summed E-state index contributed by atoms with van der Waals surface area (Å²) in [6, 6.07) is 1.28. The van der Waals surface area contributed by atoms with Crippen LogP contribution in [0, 0.1) is 0 Å². The van der Waals surface area contributed by atoms with Crippen molar-refractivity contribution in [3.05, 3.63) is 17.0 Å². The van der Waals surface area contributed by atoms with Crippen LogP contribution < -0.4 is 10.5 Å². The van der Waals surface area contributed by atoms with E-state index in [1.54, 1.807) is 0 Å². The van der Waals surface area contributed by atoms with Crippen molar-refractivity contribution in [2.24, 2.45) is 5.14 Å². The van der Waals surface area contributed by atoms with E-state index in [2.05, 4.69) is 5.32 Å². The first-order valence-corrected chi connectivity index (χ1v) is 6.96.